The summed E-state index contributed by atoms with van der Waals surface area (Å²) in [4.78, 5) is 11.3. The summed E-state index contributed by atoms with van der Waals surface area (Å²) in [6, 6.07) is 8.29. The van der Waals surface area contributed by atoms with Gasteiger partial charge in [-0.3, -0.25) is 4.79 Å². The van der Waals surface area contributed by atoms with Gasteiger partial charge in [0.05, 0.1) is 5.92 Å². The normalized spacial score (nSPS) is 17.5. The Labute approximate surface area is 102 Å². The zero-order chi connectivity index (χ0) is 12.3. The van der Waals surface area contributed by atoms with Crippen LogP contribution in [0.3, 0.4) is 0 Å². The average Bonchev–Trinajstić information content (AvgIpc) is 2.21. The summed E-state index contributed by atoms with van der Waals surface area (Å²) < 4.78 is 0. The second-order valence-electron chi connectivity index (χ2n) is 4.84. The first kappa shape index (κ1) is 12.1. The highest BCUT2D eigenvalue weighted by molar-refractivity contribution is 5.76. The molecule has 2 rings (SSSR count). The molecule has 17 heavy (non-hydrogen) atoms. The second-order valence-corrected chi connectivity index (χ2v) is 4.84. The molecule has 1 aromatic rings. The molecular weight excluding hydrogens is 214 g/mol. The molecule has 0 spiro atoms. The standard InChI is InChI=1S/C14H19NO2/c1-10-4-2-5-11(8-10)13(14(16)17)9-15-12-6-3-7-12/h2,4-5,8,12-13,15H,3,6-7,9H2,1H3,(H,16,17). The number of aryl methyl sites for hydroxylation is 1. The van der Waals surface area contributed by atoms with Crippen LogP contribution in [0, 0.1) is 6.92 Å². The van der Waals surface area contributed by atoms with Crippen molar-refractivity contribution < 1.29 is 9.90 Å². The Morgan fingerprint density at radius 1 is 1.53 bits per heavy atom. The Bertz CT molecular complexity index is 399. The van der Waals surface area contributed by atoms with Crippen LogP contribution in [-0.4, -0.2) is 23.7 Å². The van der Waals surface area contributed by atoms with Crippen LogP contribution in [-0.2, 0) is 4.79 Å². The second kappa shape index (κ2) is 5.32. The number of hydrogen-bond donors (Lipinski definition) is 2. The smallest absolute Gasteiger partial charge is 0.312 e. The van der Waals surface area contributed by atoms with E-state index in [0.717, 1.165) is 11.1 Å². The molecule has 1 fully saturated rings. The summed E-state index contributed by atoms with van der Waals surface area (Å²) in [7, 11) is 0. The van der Waals surface area contributed by atoms with Crippen LogP contribution in [0.5, 0.6) is 0 Å². The van der Waals surface area contributed by atoms with Gasteiger partial charge in [-0.1, -0.05) is 36.2 Å². The van der Waals surface area contributed by atoms with Gasteiger partial charge in [0.1, 0.15) is 0 Å². The summed E-state index contributed by atoms with van der Waals surface area (Å²) >= 11 is 0. The summed E-state index contributed by atoms with van der Waals surface area (Å²) in [6.07, 6.45) is 3.63. The minimum atomic E-state index is -0.748. The third-order valence-corrected chi connectivity index (χ3v) is 3.46. The molecule has 0 radical (unpaired) electrons. The van der Waals surface area contributed by atoms with E-state index in [9.17, 15) is 9.90 Å². The van der Waals surface area contributed by atoms with Crippen molar-refractivity contribution >= 4 is 5.97 Å². The van der Waals surface area contributed by atoms with E-state index in [1.165, 1.54) is 19.3 Å². The van der Waals surface area contributed by atoms with Gasteiger partial charge in [0.2, 0.25) is 0 Å². The fraction of sp³-hybridized carbons (Fsp3) is 0.500. The average molecular weight is 233 g/mol. The number of nitrogens with one attached hydrogen (secondary N) is 1. The van der Waals surface area contributed by atoms with E-state index >= 15 is 0 Å². The lowest BCUT2D eigenvalue weighted by Crippen LogP contribution is -2.39. The van der Waals surface area contributed by atoms with Gasteiger partial charge in [0.15, 0.2) is 0 Å². The molecule has 92 valence electrons. The maximum atomic E-state index is 11.3. The minimum Gasteiger partial charge on any atom is -0.481 e. The molecule has 0 saturated heterocycles. The molecular formula is C14H19NO2. The quantitative estimate of drug-likeness (QED) is 0.820. The lowest BCUT2D eigenvalue weighted by Gasteiger charge is -2.28. The summed E-state index contributed by atoms with van der Waals surface area (Å²) in [5.41, 5.74) is 2.00. The van der Waals surface area contributed by atoms with Gasteiger partial charge in [-0.15, -0.1) is 0 Å². The number of rotatable bonds is 5. The molecule has 0 amide bonds. The summed E-state index contributed by atoms with van der Waals surface area (Å²) in [5.74, 6) is -1.18. The predicted octanol–water partition coefficient (Wildman–Crippen LogP) is 2.31. The molecule has 0 aliphatic heterocycles. The Morgan fingerprint density at radius 3 is 2.82 bits per heavy atom. The Morgan fingerprint density at radius 2 is 2.29 bits per heavy atom. The molecule has 1 aromatic carbocycles. The lowest BCUT2D eigenvalue weighted by atomic mass is 9.91. The molecule has 0 bridgehead atoms. The van der Waals surface area contributed by atoms with Crippen LogP contribution in [0.1, 0.15) is 36.3 Å². The largest absolute Gasteiger partial charge is 0.481 e. The van der Waals surface area contributed by atoms with Crippen molar-refractivity contribution in [3.05, 3.63) is 35.4 Å². The van der Waals surface area contributed by atoms with Crippen molar-refractivity contribution in [1.82, 2.24) is 5.32 Å². The van der Waals surface area contributed by atoms with Gasteiger partial charge in [0.25, 0.3) is 0 Å². The van der Waals surface area contributed by atoms with E-state index in [0.29, 0.717) is 12.6 Å². The SMILES string of the molecule is Cc1cccc(C(CNC2CCC2)C(=O)O)c1. The monoisotopic (exact) mass is 233 g/mol. The molecule has 1 aliphatic carbocycles. The number of carboxylic acid groups (broad SMARTS) is 1. The summed E-state index contributed by atoms with van der Waals surface area (Å²) in [6.45, 7) is 2.52. The first-order chi connectivity index (χ1) is 8.16. The van der Waals surface area contributed by atoms with Gasteiger partial charge in [0, 0.05) is 12.6 Å². The topological polar surface area (TPSA) is 49.3 Å². The Hall–Kier alpha value is -1.35. The van der Waals surface area contributed by atoms with Gasteiger partial charge in [-0.2, -0.15) is 0 Å². The molecule has 1 atom stereocenters. The fourth-order valence-electron chi connectivity index (χ4n) is 2.13. The van der Waals surface area contributed by atoms with Gasteiger partial charge < -0.3 is 10.4 Å². The highest BCUT2D eigenvalue weighted by Gasteiger charge is 2.23. The van der Waals surface area contributed by atoms with Gasteiger partial charge >= 0.3 is 5.97 Å². The molecule has 1 saturated carbocycles. The fourth-order valence-corrected chi connectivity index (χ4v) is 2.13. The molecule has 0 heterocycles. The lowest BCUT2D eigenvalue weighted by molar-refractivity contribution is -0.138. The van der Waals surface area contributed by atoms with Crippen LogP contribution in [0.4, 0.5) is 0 Å². The predicted molar refractivity (Wildman–Crippen MR) is 67.2 cm³/mol. The number of hydrogen-bond acceptors (Lipinski definition) is 2. The van der Waals surface area contributed by atoms with Crippen LogP contribution in [0.25, 0.3) is 0 Å². The molecule has 3 nitrogen and oxygen atoms in total. The van der Waals surface area contributed by atoms with E-state index in [1.54, 1.807) is 0 Å². The number of benzene rings is 1. The number of aliphatic carboxylic acids is 1. The molecule has 1 aliphatic rings. The van der Waals surface area contributed by atoms with Crippen molar-refractivity contribution in [3.8, 4) is 0 Å². The third kappa shape index (κ3) is 3.07. The molecule has 0 aromatic heterocycles. The first-order valence-corrected chi connectivity index (χ1v) is 6.19. The van der Waals surface area contributed by atoms with Crippen molar-refractivity contribution in [2.24, 2.45) is 0 Å². The molecule has 3 heteroatoms. The molecule has 1 unspecified atom stereocenters. The van der Waals surface area contributed by atoms with Crippen LogP contribution in [0.2, 0.25) is 0 Å². The van der Waals surface area contributed by atoms with Crippen molar-refractivity contribution in [2.45, 2.75) is 38.1 Å². The van der Waals surface area contributed by atoms with E-state index in [1.807, 2.05) is 31.2 Å². The van der Waals surface area contributed by atoms with E-state index < -0.39 is 11.9 Å². The number of carbonyl (C=O) groups is 1. The van der Waals surface area contributed by atoms with Crippen molar-refractivity contribution in [3.63, 3.8) is 0 Å². The zero-order valence-corrected chi connectivity index (χ0v) is 10.1. The van der Waals surface area contributed by atoms with Gasteiger partial charge in [-0.25, -0.2) is 0 Å². The zero-order valence-electron chi connectivity index (χ0n) is 10.1. The van der Waals surface area contributed by atoms with Gasteiger partial charge in [-0.05, 0) is 25.3 Å². The number of carboxylic acids is 1. The van der Waals surface area contributed by atoms with E-state index in [-0.39, 0.29) is 0 Å². The highest BCUT2D eigenvalue weighted by atomic mass is 16.4. The highest BCUT2D eigenvalue weighted by Crippen LogP contribution is 2.21. The van der Waals surface area contributed by atoms with Crippen LogP contribution < -0.4 is 5.32 Å². The van der Waals surface area contributed by atoms with Crippen LogP contribution in [0.15, 0.2) is 24.3 Å². The Balaban J connectivity index is 2.02. The van der Waals surface area contributed by atoms with E-state index in [2.05, 4.69) is 5.32 Å². The minimum absolute atomic E-state index is 0.435. The maximum absolute atomic E-state index is 11.3. The Kier molecular flexibility index (Phi) is 3.79. The van der Waals surface area contributed by atoms with Crippen LogP contribution >= 0.6 is 0 Å². The third-order valence-electron chi connectivity index (χ3n) is 3.46. The van der Waals surface area contributed by atoms with E-state index in [4.69, 9.17) is 0 Å². The maximum Gasteiger partial charge on any atom is 0.312 e. The first-order valence-electron chi connectivity index (χ1n) is 6.19. The van der Waals surface area contributed by atoms with Crippen molar-refractivity contribution in [1.29, 1.82) is 0 Å². The van der Waals surface area contributed by atoms with Crippen molar-refractivity contribution in [2.75, 3.05) is 6.54 Å². The summed E-state index contributed by atoms with van der Waals surface area (Å²) in [5, 5.41) is 12.6. The molecule has 2 N–H and O–H groups in total.